The van der Waals surface area contributed by atoms with Crippen molar-refractivity contribution in [2.45, 2.75) is 71.8 Å². The van der Waals surface area contributed by atoms with Gasteiger partial charge in [0.25, 0.3) is 0 Å². The molecular formula is C19H30O3. The molecule has 3 nitrogen and oxygen atoms in total. The molecule has 1 rings (SSSR count). The van der Waals surface area contributed by atoms with Crippen LogP contribution in [0, 0.1) is 5.41 Å². The van der Waals surface area contributed by atoms with Gasteiger partial charge >= 0.3 is 5.97 Å². The van der Waals surface area contributed by atoms with Crippen molar-refractivity contribution in [3.63, 3.8) is 0 Å². The number of benzene rings is 1. The van der Waals surface area contributed by atoms with E-state index in [1.807, 2.05) is 18.2 Å². The molecule has 1 atom stereocenters. The Morgan fingerprint density at radius 3 is 2.00 bits per heavy atom. The largest absolute Gasteiger partial charge is 0.478 e. The zero-order valence-electron chi connectivity index (χ0n) is 14.4. The topological polar surface area (TPSA) is 46.5 Å². The maximum Gasteiger partial charge on any atom is 0.347 e. The third kappa shape index (κ3) is 6.97. The van der Waals surface area contributed by atoms with Crippen molar-refractivity contribution < 1.29 is 14.6 Å². The van der Waals surface area contributed by atoms with E-state index in [9.17, 15) is 9.90 Å². The fourth-order valence-electron chi connectivity index (χ4n) is 2.42. The van der Waals surface area contributed by atoms with E-state index < -0.39 is 11.6 Å². The van der Waals surface area contributed by atoms with Crippen LogP contribution in [0.4, 0.5) is 0 Å². The Morgan fingerprint density at radius 1 is 0.955 bits per heavy atom. The Kier molecular flexibility index (Phi) is 6.92. The minimum Gasteiger partial charge on any atom is -0.478 e. The quantitative estimate of drug-likeness (QED) is 0.630. The highest BCUT2D eigenvalue weighted by atomic mass is 16.5. The summed E-state index contributed by atoms with van der Waals surface area (Å²) in [5.41, 5.74) is -0.766. The summed E-state index contributed by atoms with van der Waals surface area (Å²) in [5, 5.41) is 9.48. The van der Waals surface area contributed by atoms with E-state index in [0.29, 0.717) is 17.6 Å². The number of aliphatic carboxylic acids is 1. The summed E-state index contributed by atoms with van der Waals surface area (Å²) in [5.74, 6) is -0.286. The number of unbranched alkanes of at least 4 members (excludes halogenated alkanes) is 3. The van der Waals surface area contributed by atoms with E-state index >= 15 is 0 Å². The first-order valence-electron chi connectivity index (χ1n) is 8.20. The Balaban J connectivity index is 2.39. The summed E-state index contributed by atoms with van der Waals surface area (Å²) in [6.07, 6.45) is 6.03. The van der Waals surface area contributed by atoms with E-state index in [2.05, 4.69) is 20.8 Å². The van der Waals surface area contributed by atoms with Gasteiger partial charge in [0.15, 0.2) is 0 Å². The fraction of sp³-hybridized carbons (Fsp3) is 0.632. The van der Waals surface area contributed by atoms with Gasteiger partial charge in [-0.3, -0.25) is 0 Å². The fourth-order valence-corrected chi connectivity index (χ4v) is 2.42. The van der Waals surface area contributed by atoms with Crippen molar-refractivity contribution >= 4 is 5.97 Å². The highest BCUT2D eigenvalue weighted by Crippen LogP contribution is 2.26. The Bertz CT molecular complexity index is 447. The van der Waals surface area contributed by atoms with Crippen LogP contribution in [0.2, 0.25) is 0 Å². The van der Waals surface area contributed by atoms with Gasteiger partial charge in [0, 0.05) is 0 Å². The molecule has 124 valence electrons. The SMILES string of the molecule is CC(C)(C)CCCCCCC(C)(Oc1ccccc1)C(=O)O. The van der Waals surface area contributed by atoms with E-state index in [0.717, 1.165) is 19.3 Å². The van der Waals surface area contributed by atoms with Crippen LogP contribution in [0.25, 0.3) is 0 Å². The van der Waals surface area contributed by atoms with Crippen LogP contribution in [0.3, 0.4) is 0 Å². The summed E-state index contributed by atoms with van der Waals surface area (Å²) in [7, 11) is 0. The molecule has 0 saturated carbocycles. The minimum atomic E-state index is -1.15. The van der Waals surface area contributed by atoms with Crippen molar-refractivity contribution in [2.24, 2.45) is 5.41 Å². The zero-order chi connectivity index (χ0) is 16.6. The highest BCUT2D eigenvalue weighted by Gasteiger charge is 2.34. The number of carbonyl (C=O) groups is 1. The van der Waals surface area contributed by atoms with Crippen molar-refractivity contribution in [3.05, 3.63) is 30.3 Å². The van der Waals surface area contributed by atoms with E-state index in [4.69, 9.17) is 4.74 Å². The number of hydrogen-bond donors (Lipinski definition) is 1. The standard InChI is InChI=1S/C19H30O3/c1-18(2,3)14-10-5-6-11-15-19(4,17(20)21)22-16-12-8-7-9-13-16/h7-9,12-13H,5-6,10-11,14-15H2,1-4H3,(H,20,21). The van der Waals surface area contributed by atoms with Gasteiger partial charge in [0.05, 0.1) is 0 Å². The number of rotatable bonds is 9. The first-order chi connectivity index (χ1) is 10.2. The number of hydrogen-bond acceptors (Lipinski definition) is 2. The lowest BCUT2D eigenvalue weighted by atomic mass is 9.89. The summed E-state index contributed by atoms with van der Waals surface area (Å²) in [6.45, 7) is 8.42. The van der Waals surface area contributed by atoms with Gasteiger partial charge in [-0.25, -0.2) is 4.79 Å². The molecule has 22 heavy (non-hydrogen) atoms. The second kappa shape index (κ2) is 8.21. The molecular weight excluding hydrogens is 276 g/mol. The predicted molar refractivity (Wildman–Crippen MR) is 90.3 cm³/mol. The zero-order valence-corrected chi connectivity index (χ0v) is 14.4. The van der Waals surface area contributed by atoms with Crippen molar-refractivity contribution in [1.29, 1.82) is 0 Å². The molecule has 0 aliphatic rings. The average molecular weight is 306 g/mol. The van der Waals surface area contributed by atoms with Gasteiger partial charge in [-0.05, 0) is 43.7 Å². The number of carboxylic acid groups (broad SMARTS) is 1. The molecule has 0 aliphatic heterocycles. The molecule has 0 aromatic heterocycles. The lowest BCUT2D eigenvalue weighted by Crippen LogP contribution is -2.41. The monoisotopic (exact) mass is 306 g/mol. The Morgan fingerprint density at radius 2 is 1.50 bits per heavy atom. The summed E-state index contributed by atoms with van der Waals surface area (Å²) in [4.78, 5) is 11.6. The molecule has 0 amide bonds. The van der Waals surface area contributed by atoms with Crippen LogP contribution in [0.1, 0.15) is 66.2 Å². The molecule has 0 spiro atoms. The van der Waals surface area contributed by atoms with Crippen LogP contribution in [0.5, 0.6) is 5.75 Å². The molecule has 1 aromatic rings. The van der Waals surface area contributed by atoms with Crippen molar-refractivity contribution in [1.82, 2.24) is 0 Å². The van der Waals surface area contributed by atoms with Crippen LogP contribution in [-0.4, -0.2) is 16.7 Å². The summed E-state index contributed by atoms with van der Waals surface area (Å²) < 4.78 is 5.72. The average Bonchev–Trinajstić information content (AvgIpc) is 2.42. The maximum atomic E-state index is 11.6. The lowest BCUT2D eigenvalue weighted by Gasteiger charge is -2.26. The lowest BCUT2D eigenvalue weighted by molar-refractivity contribution is -0.154. The number of ether oxygens (including phenoxy) is 1. The predicted octanol–water partition coefficient (Wildman–Crippen LogP) is 5.30. The summed E-state index contributed by atoms with van der Waals surface area (Å²) in [6, 6.07) is 9.18. The minimum absolute atomic E-state index is 0.381. The van der Waals surface area contributed by atoms with Gasteiger partial charge in [-0.15, -0.1) is 0 Å². The van der Waals surface area contributed by atoms with Crippen molar-refractivity contribution in [3.8, 4) is 5.75 Å². The summed E-state index contributed by atoms with van der Waals surface area (Å²) >= 11 is 0. The molecule has 0 saturated heterocycles. The molecule has 1 N–H and O–H groups in total. The second-order valence-corrected chi connectivity index (χ2v) is 7.43. The van der Waals surface area contributed by atoms with Gasteiger partial charge in [0.1, 0.15) is 5.75 Å². The number of para-hydroxylation sites is 1. The van der Waals surface area contributed by atoms with E-state index in [1.165, 1.54) is 12.8 Å². The first-order valence-corrected chi connectivity index (χ1v) is 8.20. The third-order valence-corrected chi connectivity index (χ3v) is 3.87. The maximum absolute atomic E-state index is 11.6. The third-order valence-electron chi connectivity index (χ3n) is 3.87. The molecule has 0 heterocycles. The van der Waals surface area contributed by atoms with Crippen LogP contribution in [0.15, 0.2) is 30.3 Å². The van der Waals surface area contributed by atoms with Gasteiger partial charge in [-0.2, -0.15) is 0 Å². The van der Waals surface area contributed by atoms with Crippen LogP contribution < -0.4 is 4.74 Å². The molecule has 1 unspecified atom stereocenters. The van der Waals surface area contributed by atoms with Crippen LogP contribution in [-0.2, 0) is 4.79 Å². The van der Waals surface area contributed by atoms with Gasteiger partial charge in [-0.1, -0.05) is 58.2 Å². The second-order valence-electron chi connectivity index (χ2n) is 7.43. The highest BCUT2D eigenvalue weighted by molar-refractivity contribution is 5.77. The molecule has 0 aliphatic carbocycles. The molecule has 0 fully saturated rings. The van der Waals surface area contributed by atoms with Crippen molar-refractivity contribution in [2.75, 3.05) is 0 Å². The van der Waals surface area contributed by atoms with Gasteiger partial charge in [0.2, 0.25) is 5.60 Å². The van der Waals surface area contributed by atoms with E-state index in [-0.39, 0.29) is 0 Å². The van der Waals surface area contributed by atoms with Gasteiger partial charge < -0.3 is 9.84 Å². The smallest absolute Gasteiger partial charge is 0.347 e. The number of carboxylic acids is 1. The normalized spacial score (nSPS) is 14.4. The van der Waals surface area contributed by atoms with E-state index in [1.54, 1.807) is 19.1 Å². The molecule has 3 heteroatoms. The molecule has 0 radical (unpaired) electrons. The Labute approximate surface area is 134 Å². The molecule has 1 aromatic carbocycles. The van der Waals surface area contributed by atoms with Crippen LogP contribution >= 0.6 is 0 Å². The Hall–Kier alpha value is -1.51. The first kappa shape index (κ1) is 18.5. The molecule has 0 bridgehead atoms.